The molecule has 0 heterocycles. The number of amides is 1. The number of hydrogen-bond donors (Lipinski definition) is 1. The summed E-state index contributed by atoms with van der Waals surface area (Å²) in [4.78, 5) is 12.0. The van der Waals surface area contributed by atoms with Gasteiger partial charge in [0.15, 0.2) is 0 Å². The van der Waals surface area contributed by atoms with E-state index in [4.69, 9.17) is 4.74 Å². The van der Waals surface area contributed by atoms with Gasteiger partial charge in [-0.2, -0.15) is 5.26 Å². The van der Waals surface area contributed by atoms with Crippen LogP contribution in [0.1, 0.15) is 5.56 Å². The fourth-order valence-electron chi connectivity index (χ4n) is 2.16. The van der Waals surface area contributed by atoms with Crippen LogP contribution in [0.2, 0.25) is 0 Å². The Morgan fingerprint density at radius 3 is 2.82 bits per heavy atom. The monoisotopic (exact) mass is 292 g/mol. The Morgan fingerprint density at radius 1 is 1.36 bits per heavy atom. The minimum atomic E-state index is -0.433. The van der Waals surface area contributed by atoms with Crippen LogP contribution in [-0.4, -0.2) is 19.6 Å². The molecular formula is C18H16N2O2. The van der Waals surface area contributed by atoms with Crippen LogP contribution in [0, 0.1) is 11.3 Å². The van der Waals surface area contributed by atoms with Crippen LogP contribution in [0.3, 0.4) is 0 Å². The van der Waals surface area contributed by atoms with Crippen molar-refractivity contribution in [2.24, 2.45) is 0 Å². The summed E-state index contributed by atoms with van der Waals surface area (Å²) in [5.41, 5.74) is 0.738. The summed E-state index contributed by atoms with van der Waals surface area (Å²) < 4.78 is 5.36. The van der Waals surface area contributed by atoms with Gasteiger partial charge in [0.25, 0.3) is 5.91 Å². The first kappa shape index (κ1) is 15.3. The second-order valence-corrected chi connectivity index (χ2v) is 4.57. The van der Waals surface area contributed by atoms with E-state index in [1.165, 1.54) is 0 Å². The summed E-state index contributed by atoms with van der Waals surface area (Å²) >= 11 is 0. The highest BCUT2D eigenvalue weighted by atomic mass is 16.5. The average molecular weight is 292 g/mol. The second-order valence-electron chi connectivity index (χ2n) is 4.57. The zero-order valence-electron chi connectivity index (χ0n) is 12.3. The maximum absolute atomic E-state index is 12.0. The van der Waals surface area contributed by atoms with Crippen LogP contribution in [0.25, 0.3) is 16.8 Å². The lowest BCUT2D eigenvalue weighted by atomic mass is 10.0. The number of rotatable bonds is 5. The number of hydrogen-bond acceptors (Lipinski definition) is 3. The lowest BCUT2D eigenvalue weighted by Gasteiger charge is -2.09. The zero-order valence-corrected chi connectivity index (χ0v) is 12.3. The highest BCUT2D eigenvalue weighted by molar-refractivity contribution is 6.05. The van der Waals surface area contributed by atoms with Crippen molar-refractivity contribution >= 4 is 22.8 Å². The van der Waals surface area contributed by atoms with Gasteiger partial charge < -0.3 is 10.1 Å². The maximum Gasteiger partial charge on any atom is 0.262 e. The third-order valence-electron chi connectivity index (χ3n) is 3.21. The number of carbonyl (C=O) groups is 1. The maximum atomic E-state index is 12.0. The number of fused-ring (bicyclic) bond motifs is 1. The van der Waals surface area contributed by atoms with Crippen LogP contribution in [0.4, 0.5) is 0 Å². The predicted octanol–water partition coefficient (Wildman–Crippen LogP) is 3.06. The molecule has 0 saturated carbocycles. The van der Waals surface area contributed by atoms with E-state index in [0.717, 1.165) is 10.8 Å². The summed E-state index contributed by atoms with van der Waals surface area (Å²) in [5, 5.41) is 13.8. The molecule has 2 rings (SSSR count). The topological polar surface area (TPSA) is 62.1 Å². The van der Waals surface area contributed by atoms with Gasteiger partial charge in [0.1, 0.15) is 17.4 Å². The normalized spacial score (nSPS) is 10.8. The van der Waals surface area contributed by atoms with Crippen molar-refractivity contribution in [3.8, 4) is 11.8 Å². The molecule has 2 aromatic rings. The van der Waals surface area contributed by atoms with E-state index in [0.29, 0.717) is 17.9 Å². The number of carbonyl (C=O) groups excluding carboxylic acids is 1. The number of nitrogens with one attached hydrogen (secondary N) is 1. The molecule has 0 aliphatic rings. The molecule has 0 radical (unpaired) electrons. The van der Waals surface area contributed by atoms with E-state index in [1.807, 2.05) is 42.5 Å². The van der Waals surface area contributed by atoms with E-state index in [2.05, 4.69) is 11.9 Å². The molecule has 0 unspecified atom stereocenters. The van der Waals surface area contributed by atoms with Crippen LogP contribution in [0.5, 0.6) is 5.75 Å². The highest BCUT2D eigenvalue weighted by Crippen LogP contribution is 2.30. The molecule has 0 saturated heterocycles. The molecule has 0 fully saturated rings. The first-order chi connectivity index (χ1) is 10.7. The van der Waals surface area contributed by atoms with Crippen molar-refractivity contribution in [2.45, 2.75) is 0 Å². The number of methoxy groups -OCH3 is 1. The van der Waals surface area contributed by atoms with Crippen molar-refractivity contribution in [3.05, 3.63) is 60.2 Å². The Hall–Kier alpha value is -3.06. The standard InChI is InChI=1S/C18H16N2O2/c1-3-10-20-18(21)14(12-19)11-16-15-7-5-4-6-13(15)8-9-17(16)22-2/h3-9,11H,1,10H2,2H3,(H,20,21). The van der Waals surface area contributed by atoms with Gasteiger partial charge in [0, 0.05) is 12.1 Å². The van der Waals surface area contributed by atoms with Gasteiger partial charge in [-0.05, 0) is 22.9 Å². The van der Waals surface area contributed by atoms with Gasteiger partial charge in [-0.25, -0.2) is 0 Å². The molecule has 2 aromatic carbocycles. The summed E-state index contributed by atoms with van der Waals surface area (Å²) in [5.74, 6) is 0.181. The minimum Gasteiger partial charge on any atom is -0.496 e. The lowest BCUT2D eigenvalue weighted by Crippen LogP contribution is -2.24. The number of ether oxygens (including phenoxy) is 1. The lowest BCUT2D eigenvalue weighted by molar-refractivity contribution is -0.116. The molecule has 0 aliphatic carbocycles. The second kappa shape index (κ2) is 7.09. The molecule has 22 heavy (non-hydrogen) atoms. The fraction of sp³-hybridized carbons (Fsp3) is 0.111. The van der Waals surface area contributed by atoms with E-state index >= 15 is 0 Å². The first-order valence-electron chi connectivity index (χ1n) is 6.78. The van der Waals surface area contributed by atoms with Crippen molar-refractivity contribution < 1.29 is 9.53 Å². The van der Waals surface area contributed by atoms with E-state index in [-0.39, 0.29) is 5.57 Å². The van der Waals surface area contributed by atoms with Gasteiger partial charge in [-0.15, -0.1) is 6.58 Å². The number of nitrogens with zero attached hydrogens (tertiary/aromatic N) is 1. The summed E-state index contributed by atoms with van der Waals surface area (Å²) in [6.07, 6.45) is 3.12. The molecule has 110 valence electrons. The van der Waals surface area contributed by atoms with Crippen LogP contribution >= 0.6 is 0 Å². The van der Waals surface area contributed by atoms with Gasteiger partial charge in [-0.3, -0.25) is 4.79 Å². The van der Waals surface area contributed by atoms with Gasteiger partial charge in [0.05, 0.1) is 7.11 Å². The third kappa shape index (κ3) is 3.15. The van der Waals surface area contributed by atoms with Gasteiger partial charge >= 0.3 is 0 Å². The molecule has 0 atom stereocenters. The summed E-state index contributed by atoms with van der Waals surface area (Å²) in [6, 6.07) is 13.4. The summed E-state index contributed by atoms with van der Waals surface area (Å²) in [6.45, 7) is 3.84. The van der Waals surface area contributed by atoms with Crippen LogP contribution < -0.4 is 10.1 Å². The molecule has 4 heteroatoms. The highest BCUT2D eigenvalue weighted by Gasteiger charge is 2.12. The van der Waals surface area contributed by atoms with Crippen molar-refractivity contribution in [1.29, 1.82) is 5.26 Å². The van der Waals surface area contributed by atoms with E-state index in [9.17, 15) is 10.1 Å². The molecule has 0 aromatic heterocycles. The zero-order chi connectivity index (χ0) is 15.9. The SMILES string of the molecule is C=CCNC(=O)C(C#N)=Cc1c(OC)ccc2ccccc12. The molecule has 1 N–H and O–H groups in total. The quantitative estimate of drug-likeness (QED) is 0.523. The Balaban J connectivity index is 2.57. The van der Waals surface area contributed by atoms with Gasteiger partial charge in [0.2, 0.25) is 0 Å². The molecule has 0 aliphatic heterocycles. The van der Waals surface area contributed by atoms with Crippen molar-refractivity contribution in [1.82, 2.24) is 5.32 Å². The largest absolute Gasteiger partial charge is 0.496 e. The Bertz CT molecular complexity index is 785. The Morgan fingerprint density at radius 2 is 2.14 bits per heavy atom. The number of nitriles is 1. The smallest absolute Gasteiger partial charge is 0.262 e. The van der Waals surface area contributed by atoms with Crippen LogP contribution in [0.15, 0.2) is 54.6 Å². The van der Waals surface area contributed by atoms with E-state index < -0.39 is 5.91 Å². The first-order valence-corrected chi connectivity index (χ1v) is 6.78. The van der Waals surface area contributed by atoms with Gasteiger partial charge in [-0.1, -0.05) is 36.4 Å². The van der Waals surface area contributed by atoms with Crippen molar-refractivity contribution in [3.63, 3.8) is 0 Å². The average Bonchev–Trinajstić information content (AvgIpc) is 2.57. The number of benzene rings is 2. The molecular weight excluding hydrogens is 276 g/mol. The Labute approximate surface area is 129 Å². The molecule has 0 bridgehead atoms. The minimum absolute atomic E-state index is 0.0245. The predicted molar refractivity (Wildman–Crippen MR) is 87.3 cm³/mol. The summed E-state index contributed by atoms with van der Waals surface area (Å²) in [7, 11) is 1.56. The molecule has 0 spiro atoms. The fourth-order valence-corrected chi connectivity index (χ4v) is 2.16. The third-order valence-corrected chi connectivity index (χ3v) is 3.21. The van der Waals surface area contributed by atoms with Crippen LogP contribution in [-0.2, 0) is 4.79 Å². The molecule has 4 nitrogen and oxygen atoms in total. The van der Waals surface area contributed by atoms with Crippen molar-refractivity contribution in [2.75, 3.05) is 13.7 Å². The van der Waals surface area contributed by atoms with E-state index in [1.54, 1.807) is 19.3 Å². The molecule has 1 amide bonds. The Kier molecular flexibility index (Phi) is 4.94.